The molecule has 2 rings (SSSR count). The maximum atomic E-state index is 12.0. The van der Waals surface area contributed by atoms with Crippen molar-refractivity contribution in [3.8, 4) is 5.75 Å². The molecule has 0 aliphatic rings. The lowest BCUT2D eigenvalue weighted by Gasteiger charge is -2.07. The summed E-state index contributed by atoms with van der Waals surface area (Å²) in [7, 11) is 0. The summed E-state index contributed by atoms with van der Waals surface area (Å²) in [6, 6.07) is 5.55. The largest absolute Gasteiger partial charge is 0.435 e. The van der Waals surface area contributed by atoms with E-state index in [0.717, 1.165) is 17.8 Å². The van der Waals surface area contributed by atoms with Gasteiger partial charge in [0.05, 0.1) is 5.69 Å². The number of carbonyl (C=O) groups excluding carboxylic acids is 1. The summed E-state index contributed by atoms with van der Waals surface area (Å²) in [5.41, 5.74) is 2.18. The van der Waals surface area contributed by atoms with E-state index in [1.54, 1.807) is 4.68 Å². The Morgan fingerprint density at radius 1 is 1.36 bits per heavy atom. The third-order valence-electron chi connectivity index (χ3n) is 3.15. The first-order valence-electron chi connectivity index (χ1n) is 6.85. The van der Waals surface area contributed by atoms with Crippen molar-refractivity contribution in [3.05, 3.63) is 47.3 Å². The molecule has 1 N–H and O–H groups in total. The van der Waals surface area contributed by atoms with Gasteiger partial charge in [0, 0.05) is 30.4 Å². The summed E-state index contributed by atoms with van der Waals surface area (Å²) in [5, 5.41) is 7.07. The van der Waals surface area contributed by atoms with Crippen LogP contribution >= 0.6 is 0 Å². The van der Waals surface area contributed by atoms with Gasteiger partial charge in [-0.15, -0.1) is 0 Å². The number of amides is 1. The molecule has 0 aliphatic heterocycles. The third-order valence-corrected chi connectivity index (χ3v) is 3.15. The van der Waals surface area contributed by atoms with E-state index in [0.29, 0.717) is 12.1 Å². The summed E-state index contributed by atoms with van der Waals surface area (Å²) < 4.78 is 30.1. The highest BCUT2D eigenvalue weighted by atomic mass is 19.3. The van der Waals surface area contributed by atoms with Gasteiger partial charge < -0.3 is 10.1 Å². The van der Waals surface area contributed by atoms with Crippen molar-refractivity contribution in [1.82, 2.24) is 15.1 Å². The summed E-state index contributed by atoms with van der Waals surface area (Å²) in [4.78, 5) is 12.0. The predicted molar refractivity (Wildman–Crippen MR) is 76.9 cm³/mol. The zero-order valence-corrected chi connectivity index (χ0v) is 12.3. The van der Waals surface area contributed by atoms with Crippen molar-refractivity contribution in [2.45, 2.75) is 33.5 Å². The van der Waals surface area contributed by atoms with Gasteiger partial charge >= 0.3 is 6.61 Å². The fourth-order valence-electron chi connectivity index (χ4n) is 1.96. The Balaban J connectivity index is 1.95. The predicted octanol–water partition coefficient (Wildman–Crippen LogP) is 2.74. The standard InChI is InChI=1S/C15H17F2N3O2/c1-3-20-9-12(10(2)19-20)8-18-14(21)11-4-6-13(7-5-11)22-15(16)17/h4-7,9,15H,3,8H2,1-2H3,(H,18,21). The van der Waals surface area contributed by atoms with E-state index in [1.165, 1.54) is 24.3 Å². The second kappa shape index (κ2) is 7.02. The van der Waals surface area contributed by atoms with Crippen LogP contribution in [0.15, 0.2) is 30.5 Å². The van der Waals surface area contributed by atoms with E-state index >= 15 is 0 Å². The van der Waals surface area contributed by atoms with Gasteiger partial charge in [0.25, 0.3) is 5.91 Å². The molecular formula is C15H17F2N3O2. The Labute approximate surface area is 126 Å². The van der Waals surface area contributed by atoms with Crippen LogP contribution in [0.5, 0.6) is 5.75 Å². The van der Waals surface area contributed by atoms with Crippen molar-refractivity contribution in [1.29, 1.82) is 0 Å². The number of nitrogens with one attached hydrogen (secondary N) is 1. The Bertz CT molecular complexity index is 639. The minimum absolute atomic E-state index is 0.0200. The van der Waals surface area contributed by atoms with E-state index in [-0.39, 0.29) is 11.7 Å². The van der Waals surface area contributed by atoms with Gasteiger partial charge in [-0.05, 0) is 38.1 Å². The van der Waals surface area contributed by atoms with Crippen LogP contribution in [0.3, 0.4) is 0 Å². The van der Waals surface area contributed by atoms with E-state index < -0.39 is 6.61 Å². The monoisotopic (exact) mass is 309 g/mol. The highest BCUT2D eigenvalue weighted by Gasteiger charge is 2.10. The van der Waals surface area contributed by atoms with Crippen LogP contribution in [-0.2, 0) is 13.1 Å². The highest BCUT2D eigenvalue weighted by molar-refractivity contribution is 5.94. The molecule has 1 aromatic heterocycles. The number of aromatic nitrogens is 2. The summed E-state index contributed by atoms with van der Waals surface area (Å²) in [6.07, 6.45) is 1.88. The minimum Gasteiger partial charge on any atom is -0.435 e. The molecule has 0 bridgehead atoms. The summed E-state index contributed by atoms with van der Waals surface area (Å²) >= 11 is 0. The quantitative estimate of drug-likeness (QED) is 0.892. The molecule has 7 heteroatoms. The SMILES string of the molecule is CCn1cc(CNC(=O)c2ccc(OC(F)F)cc2)c(C)n1. The molecule has 0 atom stereocenters. The fourth-order valence-corrected chi connectivity index (χ4v) is 1.96. The number of hydrogen-bond acceptors (Lipinski definition) is 3. The van der Waals surface area contributed by atoms with E-state index in [4.69, 9.17) is 0 Å². The lowest BCUT2D eigenvalue weighted by atomic mass is 10.2. The van der Waals surface area contributed by atoms with Crippen LogP contribution in [0.4, 0.5) is 8.78 Å². The summed E-state index contributed by atoms with van der Waals surface area (Å²) in [5.74, 6) is -0.265. The first-order chi connectivity index (χ1) is 10.5. The number of rotatable bonds is 6. The molecule has 0 fully saturated rings. The Hall–Kier alpha value is -2.44. The Morgan fingerprint density at radius 2 is 2.05 bits per heavy atom. The van der Waals surface area contributed by atoms with E-state index in [9.17, 15) is 13.6 Å². The summed E-state index contributed by atoms with van der Waals surface area (Å²) in [6.45, 7) is 2.11. The molecule has 5 nitrogen and oxygen atoms in total. The number of hydrogen-bond donors (Lipinski definition) is 1. The van der Waals surface area contributed by atoms with Crippen molar-refractivity contribution in [2.75, 3.05) is 0 Å². The third kappa shape index (κ3) is 4.03. The number of alkyl halides is 2. The van der Waals surface area contributed by atoms with Crippen LogP contribution in [-0.4, -0.2) is 22.3 Å². The average Bonchev–Trinajstić information content (AvgIpc) is 2.85. The van der Waals surface area contributed by atoms with Crippen molar-refractivity contribution < 1.29 is 18.3 Å². The maximum absolute atomic E-state index is 12.0. The molecule has 2 aromatic rings. The molecule has 0 saturated heterocycles. The normalized spacial score (nSPS) is 10.8. The smallest absolute Gasteiger partial charge is 0.387 e. The number of benzene rings is 1. The number of carbonyl (C=O) groups is 1. The maximum Gasteiger partial charge on any atom is 0.387 e. The van der Waals surface area contributed by atoms with Gasteiger partial charge in [-0.25, -0.2) is 0 Å². The van der Waals surface area contributed by atoms with Gasteiger partial charge in [0.1, 0.15) is 5.75 Å². The fraction of sp³-hybridized carbons (Fsp3) is 0.333. The number of halogens is 2. The Morgan fingerprint density at radius 3 is 2.59 bits per heavy atom. The van der Waals surface area contributed by atoms with E-state index in [1.807, 2.05) is 20.0 Å². The molecule has 22 heavy (non-hydrogen) atoms. The zero-order chi connectivity index (χ0) is 16.1. The molecule has 0 unspecified atom stereocenters. The van der Waals surface area contributed by atoms with Crippen LogP contribution in [0.1, 0.15) is 28.5 Å². The van der Waals surface area contributed by atoms with Gasteiger partial charge in [-0.3, -0.25) is 9.48 Å². The first kappa shape index (κ1) is 15.9. The molecule has 0 radical (unpaired) electrons. The average molecular weight is 309 g/mol. The zero-order valence-electron chi connectivity index (χ0n) is 12.3. The molecule has 1 aromatic carbocycles. The molecule has 118 valence electrons. The number of ether oxygens (including phenoxy) is 1. The van der Waals surface area contributed by atoms with Crippen molar-refractivity contribution in [2.24, 2.45) is 0 Å². The van der Waals surface area contributed by atoms with Crippen LogP contribution in [0.25, 0.3) is 0 Å². The molecule has 1 amide bonds. The number of nitrogens with zero attached hydrogens (tertiary/aromatic N) is 2. The van der Waals surface area contributed by atoms with Gasteiger partial charge in [0.2, 0.25) is 0 Å². The van der Waals surface area contributed by atoms with Crippen molar-refractivity contribution >= 4 is 5.91 Å². The molecule has 0 spiro atoms. The molecular weight excluding hydrogens is 292 g/mol. The molecule has 0 saturated carbocycles. The first-order valence-corrected chi connectivity index (χ1v) is 6.85. The van der Waals surface area contributed by atoms with E-state index in [2.05, 4.69) is 15.2 Å². The lowest BCUT2D eigenvalue weighted by Crippen LogP contribution is -2.22. The lowest BCUT2D eigenvalue weighted by molar-refractivity contribution is -0.0498. The van der Waals surface area contributed by atoms with Crippen LogP contribution in [0, 0.1) is 6.92 Å². The Kier molecular flexibility index (Phi) is 5.08. The van der Waals surface area contributed by atoms with Gasteiger partial charge in [0.15, 0.2) is 0 Å². The second-order valence-electron chi connectivity index (χ2n) is 4.68. The molecule has 0 aliphatic carbocycles. The topological polar surface area (TPSA) is 56.2 Å². The van der Waals surface area contributed by atoms with Gasteiger partial charge in [-0.2, -0.15) is 13.9 Å². The molecule has 1 heterocycles. The van der Waals surface area contributed by atoms with Crippen LogP contribution in [0.2, 0.25) is 0 Å². The second-order valence-corrected chi connectivity index (χ2v) is 4.68. The van der Waals surface area contributed by atoms with Crippen LogP contribution < -0.4 is 10.1 Å². The highest BCUT2D eigenvalue weighted by Crippen LogP contribution is 2.15. The number of aryl methyl sites for hydroxylation is 2. The minimum atomic E-state index is -2.88. The van der Waals surface area contributed by atoms with Crippen molar-refractivity contribution in [3.63, 3.8) is 0 Å². The van der Waals surface area contributed by atoms with Gasteiger partial charge in [-0.1, -0.05) is 0 Å².